The smallest absolute Gasteiger partial charge is 0.162 e. The molecule has 5 heteroatoms. The van der Waals surface area contributed by atoms with E-state index in [4.69, 9.17) is 0 Å². The van der Waals surface area contributed by atoms with Gasteiger partial charge in [-0.3, -0.25) is 9.78 Å². The molecule has 0 saturated heterocycles. The van der Waals surface area contributed by atoms with Crippen LogP contribution in [0.2, 0.25) is 0 Å². The van der Waals surface area contributed by atoms with E-state index in [1.807, 2.05) is 27.7 Å². The van der Waals surface area contributed by atoms with Gasteiger partial charge in [-0.15, -0.1) is 34.9 Å². The number of aliphatic hydroxyl groups is 1. The van der Waals surface area contributed by atoms with Crippen LogP contribution in [0.5, 0.6) is 0 Å². The molecule has 0 aliphatic heterocycles. The minimum absolute atomic E-state index is 0. The second-order valence-corrected chi connectivity index (χ2v) is 9.00. The molecule has 2 aromatic carbocycles. The zero-order valence-corrected chi connectivity index (χ0v) is 24.5. The van der Waals surface area contributed by atoms with Crippen molar-refractivity contribution in [1.29, 1.82) is 0 Å². The van der Waals surface area contributed by atoms with Gasteiger partial charge in [-0.25, -0.2) is 4.98 Å². The summed E-state index contributed by atoms with van der Waals surface area (Å²) in [4.78, 5) is 20.5. The Bertz CT molecular complexity index is 1110. The van der Waals surface area contributed by atoms with Crippen LogP contribution in [0.25, 0.3) is 22.2 Å². The largest absolute Gasteiger partial charge is 0.512 e. The number of ketones is 1. The van der Waals surface area contributed by atoms with Crippen LogP contribution in [0, 0.1) is 38.7 Å². The number of allylic oxidation sites excluding steroid dienone is 2. The molecule has 1 heterocycles. The molecule has 1 aromatic heterocycles. The van der Waals surface area contributed by atoms with E-state index in [1.54, 1.807) is 6.33 Å². The van der Waals surface area contributed by atoms with Crippen molar-refractivity contribution < 1.29 is 30.0 Å². The minimum atomic E-state index is 0. The number of carbonyl (C=O) groups is 1. The van der Waals surface area contributed by atoms with Gasteiger partial charge in [-0.1, -0.05) is 53.7 Å². The van der Waals surface area contributed by atoms with Crippen molar-refractivity contribution in [2.45, 2.75) is 74.1 Å². The molecule has 0 bridgehead atoms. The minimum Gasteiger partial charge on any atom is -0.512 e. The van der Waals surface area contributed by atoms with Crippen LogP contribution in [0.1, 0.15) is 70.1 Å². The standard InChI is InChI=1S/C17H15N2.C13H24O2.Ir/c1-11-4-5-15-16(9-11)18-10-19-17(15)14-7-12(2)6-13(3)8-14;1-5-10(6-2)12(14)9-13(15)11(7-3)8-4;/h4-7,9-10H,1-3H3;9-11,14H,5-8H2,1-4H3;/q-1;;/b;12-9-;. The van der Waals surface area contributed by atoms with Crippen LogP contribution in [-0.2, 0) is 24.9 Å². The molecule has 0 aliphatic rings. The first-order valence-corrected chi connectivity index (χ1v) is 12.4. The number of nitrogens with zero attached hydrogens (tertiary/aromatic N) is 2. The van der Waals surface area contributed by atoms with Gasteiger partial charge >= 0.3 is 0 Å². The number of hydrogen-bond donors (Lipinski definition) is 1. The number of benzene rings is 2. The van der Waals surface area contributed by atoms with Gasteiger partial charge in [0.2, 0.25) is 0 Å². The Morgan fingerprint density at radius 3 is 2.11 bits per heavy atom. The van der Waals surface area contributed by atoms with E-state index >= 15 is 0 Å². The summed E-state index contributed by atoms with van der Waals surface area (Å²) < 4.78 is 0. The number of aliphatic hydroxyl groups excluding tert-OH is 1. The quantitative estimate of drug-likeness (QED) is 0.153. The normalized spacial score (nSPS) is 11.3. The summed E-state index contributed by atoms with van der Waals surface area (Å²) in [5, 5.41) is 10.8. The molecule has 1 N–H and O–H groups in total. The van der Waals surface area contributed by atoms with Crippen LogP contribution < -0.4 is 0 Å². The number of aromatic nitrogens is 2. The first-order chi connectivity index (χ1) is 16.2. The number of rotatable bonds is 8. The van der Waals surface area contributed by atoms with Gasteiger partial charge in [0.1, 0.15) is 6.33 Å². The molecule has 0 aliphatic carbocycles. The number of hydrogen-bond acceptors (Lipinski definition) is 4. The van der Waals surface area contributed by atoms with Crippen LogP contribution in [0.4, 0.5) is 0 Å². The van der Waals surface area contributed by atoms with E-state index in [2.05, 4.69) is 67.1 Å². The summed E-state index contributed by atoms with van der Waals surface area (Å²) in [6.07, 6.45) is 6.53. The maximum atomic E-state index is 11.7. The van der Waals surface area contributed by atoms with Gasteiger partial charge < -0.3 is 5.11 Å². The Labute approximate surface area is 224 Å². The molecule has 0 spiro atoms. The van der Waals surface area contributed by atoms with Crippen LogP contribution >= 0.6 is 0 Å². The molecular weight excluding hydrogens is 613 g/mol. The van der Waals surface area contributed by atoms with E-state index in [0.29, 0.717) is 0 Å². The van der Waals surface area contributed by atoms with E-state index in [9.17, 15) is 9.90 Å². The molecule has 0 unspecified atom stereocenters. The number of carbonyl (C=O) groups excluding carboxylic acids is 1. The second kappa shape index (κ2) is 14.9. The summed E-state index contributed by atoms with van der Waals surface area (Å²) in [6, 6.07) is 13.9. The molecule has 35 heavy (non-hydrogen) atoms. The van der Waals surface area contributed by atoms with Gasteiger partial charge in [0.05, 0.1) is 11.3 Å². The molecule has 0 amide bonds. The first kappa shape index (κ1) is 30.7. The molecule has 1 radical (unpaired) electrons. The third-order valence-electron chi connectivity index (χ3n) is 6.28. The predicted octanol–water partition coefficient (Wildman–Crippen LogP) is 7.89. The topological polar surface area (TPSA) is 63.1 Å². The van der Waals surface area contributed by atoms with Gasteiger partial charge in [-0.2, -0.15) is 0 Å². The Hall–Kier alpha value is -2.36. The first-order valence-electron chi connectivity index (χ1n) is 12.4. The molecule has 3 rings (SSSR count). The monoisotopic (exact) mass is 652 g/mol. The second-order valence-electron chi connectivity index (χ2n) is 9.00. The summed E-state index contributed by atoms with van der Waals surface area (Å²) in [7, 11) is 0. The van der Waals surface area contributed by atoms with Crippen molar-refractivity contribution in [3.63, 3.8) is 0 Å². The Morgan fingerprint density at radius 2 is 1.54 bits per heavy atom. The number of aryl methyl sites for hydroxylation is 3. The summed E-state index contributed by atoms with van der Waals surface area (Å²) >= 11 is 0. The average Bonchev–Trinajstić information content (AvgIpc) is 2.80. The van der Waals surface area contributed by atoms with Crippen molar-refractivity contribution in [2.24, 2.45) is 11.8 Å². The van der Waals surface area contributed by atoms with Gasteiger partial charge in [0.25, 0.3) is 0 Å². The molecule has 4 nitrogen and oxygen atoms in total. The third-order valence-corrected chi connectivity index (χ3v) is 6.28. The SMILES string of the molecule is CCC(CC)C(=O)/C=C(\O)C(CC)CC.Cc1[c-]c(-c2ncnc3cc(C)ccc23)cc(C)c1.[Ir]. The van der Waals surface area contributed by atoms with Gasteiger partial charge in [0, 0.05) is 38.0 Å². The molecular formula is C30H39IrN2O2-. The molecule has 191 valence electrons. The molecule has 0 fully saturated rings. The van der Waals surface area contributed by atoms with Gasteiger partial charge in [0.15, 0.2) is 5.78 Å². The van der Waals surface area contributed by atoms with Crippen LogP contribution in [0.15, 0.2) is 48.5 Å². The Balaban J connectivity index is 0.000000352. The van der Waals surface area contributed by atoms with Crippen molar-refractivity contribution in [3.05, 3.63) is 71.3 Å². The fourth-order valence-corrected chi connectivity index (χ4v) is 4.18. The van der Waals surface area contributed by atoms with E-state index in [0.717, 1.165) is 53.4 Å². The van der Waals surface area contributed by atoms with Gasteiger partial charge in [-0.05, 0) is 55.3 Å². The fourth-order valence-electron chi connectivity index (χ4n) is 4.18. The molecule has 0 atom stereocenters. The maximum absolute atomic E-state index is 11.7. The summed E-state index contributed by atoms with van der Waals surface area (Å²) in [5.41, 5.74) is 6.55. The van der Waals surface area contributed by atoms with E-state index in [-0.39, 0.29) is 43.5 Å². The van der Waals surface area contributed by atoms with Crippen molar-refractivity contribution in [3.8, 4) is 11.3 Å². The van der Waals surface area contributed by atoms with E-state index < -0.39 is 0 Å². The van der Waals surface area contributed by atoms with Crippen molar-refractivity contribution in [2.75, 3.05) is 0 Å². The Morgan fingerprint density at radius 1 is 0.914 bits per heavy atom. The zero-order valence-electron chi connectivity index (χ0n) is 22.1. The molecule has 3 aromatic rings. The summed E-state index contributed by atoms with van der Waals surface area (Å²) in [6.45, 7) is 14.3. The van der Waals surface area contributed by atoms with Crippen molar-refractivity contribution in [1.82, 2.24) is 9.97 Å². The predicted molar refractivity (Wildman–Crippen MR) is 142 cm³/mol. The third kappa shape index (κ3) is 8.66. The maximum Gasteiger partial charge on any atom is 0.162 e. The van der Waals surface area contributed by atoms with E-state index in [1.165, 1.54) is 17.2 Å². The van der Waals surface area contributed by atoms with Crippen LogP contribution in [-0.4, -0.2) is 20.9 Å². The zero-order chi connectivity index (χ0) is 25.3. The number of fused-ring (bicyclic) bond motifs is 1. The summed E-state index contributed by atoms with van der Waals surface area (Å²) in [5.74, 6) is 0.547. The van der Waals surface area contributed by atoms with Crippen molar-refractivity contribution >= 4 is 16.7 Å². The Kier molecular flexibility index (Phi) is 13.1. The fraction of sp³-hybridized carbons (Fsp3) is 0.433. The van der Waals surface area contributed by atoms with Crippen LogP contribution in [0.3, 0.4) is 0 Å². The molecule has 0 saturated carbocycles. The average molecular weight is 652 g/mol.